The Kier molecular flexibility index (Phi) is 7.14. The van der Waals surface area contributed by atoms with E-state index in [2.05, 4.69) is 10.0 Å². The Labute approximate surface area is 157 Å². The molecule has 9 heteroatoms. The van der Waals surface area contributed by atoms with Crippen LogP contribution in [0.5, 0.6) is 11.5 Å². The molecule has 0 saturated carbocycles. The standard InChI is InChI=1S/C18H21FN2O5S/c1-25-14-7-8-16(26-2)17(11-14)27(23,24)21-12-18(22)20-10-9-13-5-3-4-6-15(13)19/h3-8,11,21H,9-10,12H2,1-2H3,(H,20,22). The van der Waals surface area contributed by atoms with Gasteiger partial charge in [-0.2, -0.15) is 0 Å². The van der Waals surface area contributed by atoms with E-state index in [1.54, 1.807) is 24.3 Å². The van der Waals surface area contributed by atoms with Gasteiger partial charge in [-0.15, -0.1) is 0 Å². The molecule has 0 bridgehead atoms. The second-order valence-electron chi connectivity index (χ2n) is 5.53. The predicted octanol–water partition coefficient (Wildman–Crippen LogP) is 1.48. The molecule has 2 aromatic rings. The first-order chi connectivity index (χ1) is 12.9. The zero-order valence-corrected chi connectivity index (χ0v) is 15.8. The van der Waals surface area contributed by atoms with E-state index in [9.17, 15) is 17.6 Å². The van der Waals surface area contributed by atoms with Gasteiger partial charge in [-0.25, -0.2) is 17.5 Å². The molecule has 0 atom stereocenters. The maximum absolute atomic E-state index is 13.5. The van der Waals surface area contributed by atoms with Crippen LogP contribution >= 0.6 is 0 Å². The summed E-state index contributed by atoms with van der Waals surface area (Å²) in [5.74, 6) is -0.414. The molecular weight excluding hydrogens is 375 g/mol. The summed E-state index contributed by atoms with van der Waals surface area (Å²) in [7, 11) is -1.24. The van der Waals surface area contributed by atoms with Crippen LogP contribution < -0.4 is 19.5 Å². The van der Waals surface area contributed by atoms with Crippen molar-refractivity contribution < 1.29 is 27.1 Å². The molecule has 0 aliphatic rings. The number of rotatable bonds is 9. The molecule has 2 N–H and O–H groups in total. The van der Waals surface area contributed by atoms with E-state index >= 15 is 0 Å². The quantitative estimate of drug-likeness (QED) is 0.670. The molecule has 0 fully saturated rings. The van der Waals surface area contributed by atoms with Crippen molar-refractivity contribution in [3.05, 3.63) is 53.8 Å². The van der Waals surface area contributed by atoms with Crippen LogP contribution in [0.25, 0.3) is 0 Å². The molecule has 0 aliphatic carbocycles. The Morgan fingerprint density at radius 1 is 1.11 bits per heavy atom. The topological polar surface area (TPSA) is 93.7 Å². The van der Waals surface area contributed by atoms with Gasteiger partial charge in [-0.05, 0) is 30.2 Å². The molecule has 1 amide bonds. The molecule has 0 aromatic heterocycles. The third kappa shape index (κ3) is 5.66. The smallest absolute Gasteiger partial charge is 0.244 e. The van der Waals surface area contributed by atoms with Crippen molar-refractivity contribution in [1.82, 2.24) is 10.0 Å². The lowest BCUT2D eigenvalue weighted by molar-refractivity contribution is -0.119. The number of nitrogens with one attached hydrogen (secondary N) is 2. The number of ether oxygens (including phenoxy) is 2. The van der Waals surface area contributed by atoms with E-state index in [0.29, 0.717) is 17.7 Å². The fourth-order valence-electron chi connectivity index (χ4n) is 2.33. The monoisotopic (exact) mass is 396 g/mol. The SMILES string of the molecule is COc1ccc(OC)c(S(=O)(=O)NCC(=O)NCCc2ccccc2F)c1. The number of sulfonamides is 1. The molecule has 0 aliphatic heterocycles. The highest BCUT2D eigenvalue weighted by Crippen LogP contribution is 2.27. The van der Waals surface area contributed by atoms with Crippen LogP contribution in [0.1, 0.15) is 5.56 Å². The number of carbonyl (C=O) groups excluding carboxylic acids is 1. The van der Waals surface area contributed by atoms with Crippen molar-refractivity contribution in [2.45, 2.75) is 11.3 Å². The Balaban J connectivity index is 1.93. The van der Waals surface area contributed by atoms with Crippen molar-refractivity contribution in [3.8, 4) is 11.5 Å². The second kappa shape index (κ2) is 9.33. The molecule has 0 heterocycles. The van der Waals surface area contributed by atoms with Gasteiger partial charge in [-0.3, -0.25) is 4.79 Å². The molecule has 27 heavy (non-hydrogen) atoms. The molecule has 0 spiro atoms. The minimum atomic E-state index is -3.99. The highest BCUT2D eigenvalue weighted by Gasteiger charge is 2.21. The summed E-state index contributed by atoms with van der Waals surface area (Å²) >= 11 is 0. The largest absolute Gasteiger partial charge is 0.497 e. The third-order valence-electron chi connectivity index (χ3n) is 3.76. The van der Waals surface area contributed by atoms with Crippen molar-refractivity contribution in [2.75, 3.05) is 27.3 Å². The van der Waals surface area contributed by atoms with Gasteiger partial charge in [0.2, 0.25) is 15.9 Å². The fourth-order valence-corrected chi connectivity index (χ4v) is 3.50. The van der Waals surface area contributed by atoms with E-state index in [0.717, 1.165) is 0 Å². The summed E-state index contributed by atoms with van der Waals surface area (Å²) < 4.78 is 50.7. The van der Waals surface area contributed by atoms with Gasteiger partial charge in [0.15, 0.2) is 0 Å². The van der Waals surface area contributed by atoms with Gasteiger partial charge in [-0.1, -0.05) is 18.2 Å². The second-order valence-corrected chi connectivity index (χ2v) is 7.27. The summed E-state index contributed by atoms with van der Waals surface area (Å²) in [5, 5.41) is 2.55. The van der Waals surface area contributed by atoms with Crippen molar-refractivity contribution in [1.29, 1.82) is 0 Å². The molecule has 2 aromatic carbocycles. The fraction of sp³-hybridized carbons (Fsp3) is 0.278. The van der Waals surface area contributed by atoms with Gasteiger partial charge in [0.25, 0.3) is 0 Å². The van der Waals surface area contributed by atoms with Crippen LogP contribution in [0, 0.1) is 5.82 Å². The number of carbonyl (C=O) groups is 1. The summed E-state index contributed by atoms with van der Waals surface area (Å²) in [4.78, 5) is 11.8. The van der Waals surface area contributed by atoms with Crippen LogP contribution in [0.4, 0.5) is 4.39 Å². The Hall–Kier alpha value is -2.65. The molecule has 7 nitrogen and oxygen atoms in total. The number of hydrogen-bond acceptors (Lipinski definition) is 5. The molecule has 0 radical (unpaired) electrons. The summed E-state index contributed by atoms with van der Waals surface area (Å²) in [6.45, 7) is -0.274. The summed E-state index contributed by atoms with van der Waals surface area (Å²) in [6, 6.07) is 10.6. The normalized spacial score (nSPS) is 11.1. The van der Waals surface area contributed by atoms with Crippen molar-refractivity contribution in [2.24, 2.45) is 0 Å². The first-order valence-electron chi connectivity index (χ1n) is 8.09. The van der Waals surface area contributed by atoms with Gasteiger partial charge in [0.1, 0.15) is 22.2 Å². The average molecular weight is 396 g/mol. The number of halogens is 1. The average Bonchev–Trinajstić information content (AvgIpc) is 2.67. The van der Waals surface area contributed by atoms with E-state index in [4.69, 9.17) is 9.47 Å². The highest BCUT2D eigenvalue weighted by atomic mass is 32.2. The molecule has 2 rings (SSSR count). The van der Waals surface area contributed by atoms with E-state index in [1.165, 1.54) is 32.4 Å². The zero-order chi connectivity index (χ0) is 19.9. The van der Waals surface area contributed by atoms with Crippen LogP contribution in [0.15, 0.2) is 47.4 Å². The third-order valence-corrected chi connectivity index (χ3v) is 5.18. The van der Waals surface area contributed by atoms with Gasteiger partial charge < -0.3 is 14.8 Å². The van der Waals surface area contributed by atoms with Gasteiger partial charge >= 0.3 is 0 Å². The lowest BCUT2D eigenvalue weighted by atomic mass is 10.1. The Morgan fingerprint density at radius 3 is 2.52 bits per heavy atom. The van der Waals surface area contributed by atoms with Crippen LogP contribution in [0.2, 0.25) is 0 Å². The van der Waals surface area contributed by atoms with Crippen molar-refractivity contribution in [3.63, 3.8) is 0 Å². The van der Waals surface area contributed by atoms with Crippen LogP contribution in [0.3, 0.4) is 0 Å². The lowest BCUT2D eigenvalue weighted by Gasteiger charge is -2.12. The molecule has 0 saturated heterocycles. The molecular formula is C18H21FN2O5S. The summed E-state index contributed by atoms with van der Waals surface area (Å²) in [6.07, 6.45) is 0.300. The van der Waals surface area contributed by atoms with Crippen molar-refractivity contribution >= 4 is 15.9 Å². The minimum Gasteiger partial charge on any atom is -0.497 e. The van der Waals surface area contributed by atoms with Gasteiger partial charge in [0, 0.05) is 12.6 Å². The number of amides is 1. The maximum Gasteiger partial charge on any atom is 0.244 e. The molecule has 0 unspecified atom stereocenters. The first kappa shape index (κ1) is 20.7. The highest BCUT2D eigenvalue weighted by molar-refractivity contribution is 7.89. The van der Waals surface area contributed by atoms with Crippen LogP contribution in [-0.4, -0.2) is 41.6 Å². The summed E-state index contributed by atoms with van der Waals surface area (Å²) in [5.41, 5.74) is 0.472. The number of methoxy groups -OCH3 is 2. The van der Waals surface area contributed by atoms with Gasteiger partial charge in [0.05, 0.1) is 20.8 Å². The van der Waals surface area contributed by atoms with E-state index < -0.39 is 22.5 Å². The Bertz CT molecular complexity index is 902. The van der Waals surface area contributed by atoms with E-state index in [-0.39, 0.29) is 23.0 Å². The lowest BCUT2D eigenvalue weighted by Crippen LogP contribution is -2.37. The first-order valence-corrected chi connectivity index (χ1v) is 9.57. The Morgan fingerprint density at radius 2 is 1.85 bits per heavy atom. The zero-order valence-electron chi connectivity index (χ0n) is 15.0. The molecule has 146 valence electrons. The minimum absolute atomic E-state index is 0.128. The number of hydrogen-bond donors (Lipinski definition) is 2. The number of benzene rings is 2. The van der Waals surface area contributed by atoms with Crippen LogP contribution in [-0.2, 0) is 21.2 Å². The van der Waals surface area contributed by atoms with E-state index in [1.807, 2.05) is 0 Å². The maximum atomic E-state index is 13.5. The predicted molar refractivity (Wildman–Crippen MR) is 97.8 cm³/mol.